The monoisotopic (exact) mass is 434 g/mol. The highest BCUT2D eigenvalue weighted by Crippen LogP contribution is 2.35. The van der Waals surface area contributed by atoms with Crippen molar-refractivity contribution in [2.45, 2.75) is 25.7 Å². The average Bonchev–Trinajstić information content (AvgIpc) is 3.12. The van der Waals surface area contributed by atoms with Gasteiger partial charge in [-0.2, -0.15) is 0 Å². The molecule has 2 aromatic carbocycles. The van der Waals surface area contributed by atoms with Crippen LogP contribution in [0.2, 0.25) is 10.0 Å². The number of rotatable bonds is 5. The quantitative estimate of drug-likeness (QED) is 0.498. The molecule has 0 fully saturated rings. The minimum absolute atomic E-state index is 0. The number of aromatic nitrogens is 1. The lowest BCUT2D eigenvalue weighted by molar-refractivity contribution is 0.299. The van der Waals surface area contributed by atoms with E-state index < -0.39 is 0 Å². The summed E-state index contributed by atoms with van der Waals surface area (Å²) in [5, 5.41) is 13.8. The average molecular weight is 436 g/mol. The van der Waals surface area contributed by atoms with Crippen LogP contribution in [-0.4, -0.2) is 16.7 Å². The van der Waals surface area contributed by atoms with E-state index in [1.807, 2.05) is 36.4 Å². The largest absolute Gasteiger partial charge is 0.396 e. The van der Waals surface area contributed by atoms with Gasteiger partial charge < -0.3 is 10.4 Å². The maximum Gasteiger partial charge on any atom is 0.0727 e. The van der Waals surface area contributed by atoms with Gasteiger partial charge in [0.1, 0.15) is 0 Å². The Morgan fingerprint density at radius 1 is 0.964 bits per heavy atom. The van der Waals surface area contributed by atoms with Crippen LogP contribution in [0.4, 0.5) is 11.4 Å². The van der Waals surface area contributed by atoms with E-state index in [1.54, 1.807) is 6.07 Å². The van der Waals surface area contributed by atoms with Gasteiger partial charge >= 0.3 is 0 Å². The molecule has 1 aromatic heterocycles. The standard InChI is InChI=1S/C22H20Cl2N2O.ClH/c23-16-10-15(11-17(24)12-16)21-13-22(19-2-1-3-20(19)26-21)25-18-6-4-14(5-7-18)8-9-27;/h4-7,10-13,27H,1-3,8-9H2,(H,25,26);1H. The summed E-state index contributed by atoms with van der Waals surface area (Å²) < 4.78 is 0. The topological polar surface area (TPSA) is 45.1 Å². The molecule has 4 rings (SSSR count). The van der Waals surface area contributed by atoms with E-state index in [4.69, 9.17) is 33.3 Å². The molecule has 0 saturated carbocycles. The maximum absolute atomic E-state index is 9.07. The van der Waals surface area contributed by atoms with Crippen LogP contribution in [-0.2, 0) is 19.3 Å². The number of hydrogen-bond donors (Lipinski definition) is 2. The molecule has 3 nitrogen and oxygen atoms in total. The van der Waals surface area contributed by atoms with E-state index >= 15 is 0 Å². The molecule has 1 heterocycles. The second-order valence-electron chi connectivity index (χ2n) is 6.79. The Morgan fingerprint density at radius 2 is 1.68 bits per heavy atom. The zero-order valence-electron chi connectivity index (χ0n) is 15.2. The molecular formula is C22H21Cl3N2O. The first-order chi connectivity index (χ1) is 13.1. The number of halogens is 3. The van der Waals surface area contributed by atoms with Crippen molar-refractivity contribution in [3.05, 3.63) is 75.4 Å². The van der Waals surface area contributed by atoms with Gasteiger partial charge in [-0.05, 0) is 73.2 Å². The minimum atomic E-state index is 0. The molecule has 0 spiro atoms. The van der Waals surface area contributed by atoms with E-state index in [1.165, 1.54) is 5.56 Å². The van der Waals surface area contributed by atoms with Gasteiger partial charge in [0.2, 0.25) is 0 Å². The summed E-state index contributed by atoms with van der Waals surface area (Å²) in [6.07, 6.45) is 3.81. The summed E-state index contributed by atoms with van der Waals surface area (Å²) in [5.41, 5.74) is 7.44. The molecule has 0 radical (unpaired) electrons. The molecule has 0 aliphatic heterocycles. The Balaban J connectivity index is 0.00000225. The Kier molecular flexibility index (Phi) is 6.84. The molecule has 1 aliphatic carbocycles. The van der Waals surface area contributed by atoms with Crippen molar-refractivity contribution in [3.8, 4) is 11.3 Å². The number of aliphatic hydroxyl groups excluding tert-OH is 1. The number of nitrogens with one attached hydrogen (secondary N) is 1. The van der Waals surface area contributed by atoms with Crippen molar-refractivity contribution < 1.29 is 5.11 Å². The third kappa shape index (κ3) is 4.61. The Morgan fingerprint density at radius 3 is 2.36 bits per heavy atom. The van der Waals surface area contributed by atoms with Crippen molar-refractivity contribution in [1.82, 2.24) is 4.98 Å². The van der Waals surface area contributed by atoms with Crippen LogP contribution in [0.15, 0.2) is 48.5 Å². The van der Waals surface area contributed by atoms with E-state index in [2.05, 4.69) is 11.4 Å². The van der Waals surface area contributed by atoms with Gasteiger partial charge in [0.15, 0.2) is 0 Å². The van der Waals surface area contributed by atoms with Crippen LogP contribution in [0.1, 0.15) is 23.2 Å². The van der Waals surface area contributed by atoms with E-state index in [0.29, 0.717) is 16.5 Å². The first-order valence-corrected chi connectivity index (χ1v) is 9.84. The second kappa shape index (κ2) is 9.15. The fourth-order valence-electron chi connectivity index (χ4n) is 3.54. The molecule has 6 heteroatoms. The first kappa shape index (κ1) is 20.9. The number of hydrogen-bond acceptors (Lipinski definition) is 3. The third-order valence-electron chi connectivity index (χ3n) is 4.84. The van der Waals surface area contributed by atoms with Crippen LogP contribution in [0.3, 0.4) is 0 Å². The second-order valence-corrected chi connectivity index (χ2v) is 7.66. The predicted octanol–water partition coefficient (Wildman–Crippen LogP) is 6.24. The Bertz CT molecular complexity index is 954. The van der Waals surface area contributed by atoms with Crippen molar-refractivity contribution in [2.75, 3.05) is 11.9 Å². The molecule has 2 N–H and O–H groups in total. The summed E-state index contributed by atoms with van der Waals surface area (Å²) in [5.74, 6) is 0. The normalized spacial score (nSPS) is 12.4. The van der Waals surface area contributed by atoms with Gasteiger partial charge in [0.05, 0.1) is 5.69 Å². The van der Waals surface area contributed by atoms with Crippen molar-refractivity contribution >= 4 is 47.0 Å². The van der Waals surface area contributed by atoms with Crippen LogP contribution in [0.5, 0.6) is 0 Å². The number of pyridine rings is 1. The SMILES string of the molecule is Cl.OCCc1ccc(Nc2cc(-c3cc(Cl)cc(Cl)c3)nc3c2CCC3)cc1. The first-order valence-electron chi connectivity index (χ1n) is 9.08. The number of aryl methyl sites for hydroxylation is 1. The molecule has 1 aliphatic rings. The Hall–Kier alpha value is -1.78. The fraction of sp³-hybridized carbons (Fsp3) is 0.227. The Labute approximate surface area is 181 Å². The van der Waals surface area contributed by atoms with Crippen LogP contribution in [0, 0.1) is 0 Å². The van der Waals surface area contributed by atoms with Gasteiger partial charge in [-0.25, -0.2) is 0 Å². The van der Waals surface area contributed by atoms with Crippen molar-refractivity contribution in [1.29, 1.82) is 0 Å². The van der Waals surface area contributed by atoms with Crippen molar-refractivity contribution in [3.63, 3.8) is 0 Å². The summed E-state index contributed by atoms with van der Waals surface area (Å²) in [4.78, 5) is 4.86. The highest BCUT2D eigenvalue weighted by Gasteiger charge is 2.19. The molecule has 0 saturated heterocycles. The van der Waals surface area contributed by atoms with Crippen LogP contribution < -0.4 is 5.32 Å². The summed E-state index contributed by atoms with van der Waals surface area (Å²) in [6, 6.07) is 15.8. The van der Waals surface area contributed by atoms with E-state index in [9.17, 15) is 0 Å². The molecule has 3 aromatic rings. The van der Waals surface area contributed by atoms with E-state index in [0.717, 1.165) is 53.2 Å². The number of nitrogens with zero attached hydrogens (tertiary/aromatic N) is 1. The zero-order valence-corrected chi connectivity index (χ0v) is 17.5. The highest BCUT2D eigenvalue weighted by atomic mass is 35.5. The summed E-state index contributed by atoms with van der Waals surface area (Å²) >= 11 is 12.4. The minimum Gasteiger partial charge on any atom is -0.396 e. The highest BCUT2D eigenvalue weighted by molar-refractivity contribution is 6.35. The number of fused-ring (bicyclic) bond motifs is 1. The molecular weight excluding hydrogens is 415 g/mol. The number of anilines is 2. The molecule has 28 heavy (non-hydrogen) atoms. The lowest BCUT2D eigenvalue weighted by Gasteiger charge is -2.14. The lowest BCUT2D eigenvalue weighted by atomic mass is 10.1. The molecule has 146 valence electrons. The van der Waals surface area contributed by atoms with Crippen molar-refractivity contribution in [2.24, 2.45) is 0 Å². The molecule has 0 unspecified atom stereocenters. The number of aliphatic hydroxyl groups is 1. The van der Waals surface area contributed by atoms with Gasteiger partial charge in [-0.1, -0.05) is 35.3 Å². The predicted molar refractivity (Wildman–Crippen MR) is 119 cm³/mol. The molecule has 0 amide bonds. The van der Waals surface area contributed by atoms with E-state index in [-0.39, 0.29) is 19.0 Å². The third-order valence-corrected chi connectivity index (χ3v) is 5.28. The molecule has 0 atom stereocenters. The maximum atomic E-state index is 9.07. The number of benzene rings is 2. The van der Waals surface area contributed by atoms with Gasteiger partial charge in [-0.3, -0.25) is 4.98 Å². The van der Waals surface area contributed by atoms with Gasteiger partial charge in [0.25, 0.3) is 0 Å². The smallest absolute Gasteiger partial charge is 0.0727 e. The van der Waals surface area contributed by atoms with Crippen LogP contribution in [0.25, 0.3) is 11.3 Å². The lowest BCUT2D eigenvalue weighted by Crippen LogP contribution is -2.00. The zero-order chi connectivity index (χ0) is 18.8. The summed E-state index contributed by atoms with van der Waals surface area (Å²) in [6.45, 7) is 0.163. The molecule has 0 bridgehead atoms. The summed E-state index contributed by atoms with van der Waals surface area (Å²) in [7, 11) is 0. The van der Waals surface area contributed by atoms with Gasteiger partial charge in [0, 0.05) is 39.3 Å². The fourth-order valence-corrected chi connectivity index (χ4v) is 4.07. The van der Waals surface area contributed by atoms with Gasteiger partial charge in [-0.15, -0.1) is 12.4 Å². The van der Waals surface area contributed by atoms with Crippen LogP contribution >= 0.6 is 35.6 Å².